The summed E-state index contributed by atoms with van der Waals surface area (Å²) >= 11 is 0. The molecule has 1 saturated heterocycles. The lowest BCUT2D eigenvalue weighted by Gasteiger charge is -2.33. The van der Waals surface area contributed by atoms with Gasteiger partial charge in [-0.2, -0.15) is 0 Å². The molecule has 21 heavy (non-hydrogen) atoms. The fourth-order valence-electron chi connectivity index (χ4n) is 2.64. The van der Waals surface area contributed by atoms with Crippen LogP contribution in [0, 0.1) is 11.3 Å². The lowest BCUT2D eigenvalue weighted by atomic mass is 9.91. The maximum atomic E-state index is 11.5. The Kier molecular flexibility index (Phi) is 6.99. The van der Waals surface area contributed by atoms with E-state index in [9.17, 15) is 4.79 Å². The third-order valence-electron chi connectivity index (χ3n) is 3.93. The Bertz CT molecular complexity index is 353. The molecule has 0 radical (unpaired) electrons. The number of ether oxygens (including phenoxy) is 1. The third kappa shape index (κ3) is 6.36. The summed E-state index contributed by atoms with van der Waals surface area (Å²) in [6, 6.07) is 0. The smallest absolute Gasteiger partial charge is 0.308 e. The quantitative estimate of drug-likeness (QED) is 0.374. The molecule has 1 fully saturated rings. The van der Waals surface area contributed by atoms with Crippen molar-refractivity contribution < 1.29 is 9.53 Å². The summed E-state index contributed by atoms with van der Waals surface area (Å²) in [5.41, 5.74) is 0.379. The van der Waals surface area contributed by atoms with Crippen LogP contribution in [0.4, 0.5) is 0 Å². The van der Waals surface area contributed by atoms with E-state index in [1.54, 1.807) is 0 Å². The van der Waals surface area contributed by atoms with Gasteiger partial charge in [-0.3, -0.25) is 9.79 Å². The van der Waals surface area contributed by atoms with Crippen molar-refractivity contribution in [3.63, 3.8) is 0 Å². The van der Waals surface area contributed by atoms with Crippen LogP contribution in [0.5, 0.6) is 0 Å². The molecule has 0 aromatic rings. The fourth-order valence-corrected chi connectivity index (χ4v) is 2.64. The zero-order valence-corrected chi connectivity index (χ0v) is 14.2. The second kappa shape index (κ2) is 8.25. The Hall–Kier alpha value is -1.26. The van der Waals surface area contributed by atoms with Gasteiger partial charge in [-0.1, -0.05) is 20.8 Å². The largest absolute Gasteiger partial charge is 0.469 e. The highest BCUT2D eigenvalue weighted by Gasteiger charge is 2.26. The number of carbonyl (C=O) groups is 1. The molecule has 0 aliphatic carbocycles. The predicted molar refractivity (Wildman–Crippen MR) is 86.4 cm³/mol. The molecule has 0 aromatic heterocycles. The number of nitrogens with one attached hydrogen (secondary N) is 1. The number of carbonyl (C=O) groups excluding carboxylic acids is 1. The standard InChI is InChI=1S/C16H31N3O2/c1-16(2,3)9-6-10-18-15(17-4)19-11-7-13(8-12-19)14(20)21-5/h13H,6-12H2,1-5H3,(H,17,18). The molecule has 0 amide bonds. The molecule has 5 nitrogen and oxygen atoms in total. The summed E-state index contributed by atoms with van der Waals surface area (Å²) in [7, 11) is 3.28. The summed E-state index contributed by atoms with van der Waals surface area (Å²) in [5.74, 6) is 0.917. The van der Waals surface area contributed by atoms with Crippen molar-refractivity contribution >= 4 is 11.9 Å². The monoisotopic (exact) mass is 297 g/mol. The van der Waals surface area contributed by atoms with Gasteiger partial charge >= 0.3 is 5.97 Å². The van der Waals surface area contributed by atoms with E-state index in [4.69, 9.17) is 4.74 Å². The van der Waals surface area contributed by atoms with Crippen LogP contribution in [-0.2, 0) is 9.53 Å². The molecule has 0 unspecified atom stereocenters. The molecule has 5 heteroatoms. The van der Waals surface area contributed by atoms with Crippen molar-refractivity contribution in [1.29, 1.82) is 0 Å². The van der Waals surface area contributed by atoms with Crippen molar-refractivity contribution in [1.82, 2.24) is 10.2 Å². The highest BCUT2D eigenvalue weighted by atomic mass is 16.5. The van der Waals surface area contributed by atoms with Gasteiger partial charge in [0.15, 0.2) is 5.96 Å². The van der Waals surface area contributed by atoms with Gasteiger partial charge in [0, 0.05) is 26.7 Å². The number of esters is 1. The van der Waals surface area contributed by atoms with E-state index in [1.807, 2.05) is 7.05 Å². The van der Waals surface area contributed by atoms with Crippen molar-refractivity contribution in [2.24, 2.45) is 16.3 Å². The van der Waals surface area contributed by atoms with Crippen LogP contribution in [0.25, 0.3) is 0 Å². The van der Waals surface area contributed by atoms with Gasteiger partial charge in [0.1, 0.15) is 0 Å². The van der Waals surface area contributed by atoms with Gasteiger partial charge in [-0.25, -0.2) is 0 Å². The van der Waals surface area contributed by atoms with E-state index in [-0.39, 0.29) is 11.9 Å². The van der Waals surface area contributed by atoms with E-state index in [0.29, 0.717) is 5.41 Å². The van der Waals surface area contributed by atoms with Crippen molar-refractivity contribution in [2.45, 2.75) is 46.5 Å². The SMILES string of the molecule is CN=C(NCCCC(C)(C)C)N1CCC(C(=O)OC)CC1. The molecule has 0 bridgehead atoms. The Morgan fingerprint density at radius 2 is 1.95 bits per heavy atom. The second-order valence-electron chi connectivity index (χ2n) is 6.92. The number of nitrogens with zero attached hydrogens (tertiary/aromatic N) is 2. The van der Waals surface area contributed by atoms with Crippen LogP contribution in [0.3, 0.4) is 0 Å². The molecule has 0 spiro atoms. The van der Waals surface area contributed by atoms with Crippen LogP contribution in [-0.4, -0.2) is 50.6 Å². The molecule has 122 valence electrons. The zero-order chi connectivity index (χ0) is 15.9. The van der Waals surface area contributed by atoms with Crippen molar-refractivity contribution in [2.75, 3.05) is 33.8 Å². The molecule has 0 saturated carbocycles. The minimum Gasteiger partial charge on any atom is -0.469 e. The minimum absolute atomic E-state index is 0.0465. The van der Waals surface area contributed by atoms with E-state index in [1.165, 1.54) is 13.5 Å². The van der Waals surface area contributed by atoms with Gasteiger partial charge in [0.2, 0.25) is 0 Å². The van der Waals surface area contributed by atoms with Crippen molar-refractivity contribution in [3.05, 3.63) is 0 Å². The molecule has 1 N–H and O–H groups in total. The van der Waals surface area contributed by atoms with Crippen LogP contribution < -0.4 is 5.32 Å². The highest BCUT2D eigenvalue weighted by Crippen LogP contribution is 2.20. The van der Waals surface area contributed by atoms with Crippen LogP contribution in [0.1, 0.15) is 46.5 Å². The summed E-state index contributed by atoms with van der Waals surface area (Å²) in [4.78, 5) is 18.1. The first-order valence-corrected chi connectivity index (χ1v) is 7.91. The first kappa shape index (κ1) is 17.8. The molecular weight excluding hydrogens is 266 g/mol. The number of guanidine groups is 1. The zero-order valence-electron chi connectivity index (χ0n) is 14.2. The number of piperidine rings is 1. The second-order valence-corrected chi connectivity index (χ2v) is 6.92. The summed E-state index contributed by atoms with van der Waals surface area (Å²) in [6.45, 7) is 9.45. The van der Waals surface area contributed by atoms with E-state index in [2.05, 4.69) is 36.0 Å². The van der Waals surface area contributed by atoms with Crippen LogP contribution in [0.2, 0.25) is 0 Å². The van der Waals surface area contributed by atoms with Gasteiger partial charge < -0.3 is 15.0 Å². The molecule has 1 heterocycles. The molecule has 1 aliphatic heterocycles. The predicted octanol–water partition coefficient (Wildman–Crippen LogP) is 2.27. The van der Waals surface area contributed by atoms with Crippen LogP contribution in [0.15, 0.2) is 4.99 Å². The van der Waals surface area contributed by atoms with E-state index >= 15 is 0 Å². The fraction of sp³-hybridized carbons (Fsp3) is 0.875. The molecule has 0 aromatic carbocycles. The topological polar surface area (TPSA) is 53.9 Å². The van der Waals surface area contributed by atoms with Crippen molar-refractivity contribution in [3.8, 4) is 0 Å². The molecule has 1 rings (SSSR count). The third-order valence-corrected chi connectivity index (χ3v) is 3.93. The Morgan fingerprint density at radius 1 is 1.33 bits per heavy atom. The number of aliphatic imine (C=N–C) groups is 1. The number of hydrogen-bond acceptors (Lipinski definition) is 3. The number of methoxy groups -OCH3 is 1. The summed E-state index contributed by atoms with van der Waals surface area (Å²) in [5, 5.41) is 3.43. The van der Waals surface area contributed by atoms with E-state index in [0.717, 1.165) is 44.9 Å². The van der Waals surface area contributed by atoms with Gasteiger partial charge in [0.05, 0.1) is 13.0 Å². The summed E-state index contributed by atoms with van der Waals surface area (Å²) < 4.78 is 4.82. The normalized spacial score (nSPS) is 17.8. The Balaban J connectivity index is 2.33. The average Bonchev–Trinajstić information content (AvgIpc) is 2.46. The average molecular weight is 297 g/mol. The number of hydrogen-bond donors (Lipinski definition) is 1. The van der Waals surface area contributed by atoms with Gasteiger partial charge in [-0.05, 0) is 31.1 Å². The van der Waals surface area contributed by atoms with Gasteiger partial charge in [0.25, 0.3) is 0 Å². The lowest BCUT2D eigenvalue weighted by Crippen LogP contribution is -2.46. The van der Waals surface area contributed by atoms with Crippen LogP contribution >= 0.6 is 0 Å². The maximum Gasteiger partial charge on any atom is 0.308 e. The molecule has 1 aliphatic rings. The Morgan fingerprint density at radius 3 is 2.43 bits per heavy atom. The van der Waals surface area contributed by atoms with E-state index < -0.39 is 0 Å². The lowest BCUT2D eigenvalue weighted by molar-refractivity contribution is -0.146. The first-order valence-electron chi connectivity index (χ1n) is 7.91. The highest BCUT2D eigenvalue weighted by molar-refractivity contribution is 5.80. The number of likely N-dealkylation sites (tertiary alicyclic amines) is 1. The Labute approximate surface area is 129 Å². The minimum atomic E-state index is -0.0808. The first-order chi connectivity index (χ1) is 9.87. The maximum absolute atomic E-state index is 11.5. The summed E-state index contributed by atoms with van der Waals surface area (Å²) in [6.07, 6.45) is 4.02. The molecular formula is C16H31N3O2. The molecule has 0 atom stereocenters. The number of rotatable bonds is 4. The van der Waals surface area contributed by atoms with Gasteiger partial charge in [-0.15, -0.1) is 0 Å².